The van der Waals surface area contributed by atoms with Crippen LogP contribution < -0.4 is 11.5 Å². The predicted molar refractivity (Wildman–Crippen MR) is 114 cm³/mol. The summed E-state index contributed by atoms with van der Waals surface area (Å²) in [7, 11) is 0. The number of ether oxygens (including phenoxy) is 2. The number of aliphatic hydroxyl groups is 2. The molecular formula is C19H21N9O5. The van der Waals surface area contributed by atoms with Crippen molar-refractivity contribution in [3.63, 3.8) is 0 Å². The third-order valence-corrected chi connectivity index (χ3v) is 5.26. The number of carbonyl (C=O) groups is 1. The van der Waals surface area contributed by atoms with E-state index in [4.69, 9.17) is 26.5 Å². The molecule has 172 valence electrons. The Labute approximate surface area is 186 Å². The van der Waals surface area contributed by atoms with Gasteiger partial charge in [-0.05, 0) is 17.5 Å². The Hall–Kier alpha value is -3.81. The molecule has 3 heterocycles. The van der Waals surface area contributed by atoms with Gasteiger partial charge >= 0.3 is 5.97 Å². The maximum atomic E-state index is 12.7. The first-order valence-electron chi connectivity index (χ1n) is 9.90. The number of hydrogen-bond acceptors (Lipinski definition) is 11. The molecule has 33 heavy (non-hydrogen) atoms. The van der Waals surface area contributed by atoms with E-state index in [1.54, 1.807) is 24.3 Å². The van der Waals surface area contributed by atoms with E-state index < -0.39 is 43.2 Å². The summed E-state index contributed by atoms with van der Waals surface area (Å²) in [4.78, 5) is 27.6. The van der Waals surface area contributed by atoms with Gasteiger partial charge in [-0.2, -0.15) is 0 Å². The highest BCUT2D eigenvalue weighted by Gasteiger charge is 2.48. The number of azide groups is 1. The molecule has 2 aromatic heterocycles. The van der Waals surface area contributed by atoms with Gasteiger partial charge < -0.3 is 31.2 Å². The number of nitrogen functional groups attached to an aromatic ring is 1. The van der Waals surface area contributed by atoms with Gasteiger partial charge in [0, 0.05) is 10.6 Å². The number of esters is 1. The van der Waals surface area contributed by atoms with Crippen LogP contribution >= 0.6 is 0 Å². The summed E-state index contributed by atoms with van der Waals surface area (Å²) in [5, 5.41) is 23.7. The lowest BCUT2D eigenvalue weighted by Crippen LogP contribution is -2.42. The maximum absolute atomic E-state index is 12.7. The average Bonchev–Trinajstić information content (AvgIpc) is 3.37. The highest BCUT2D eigenvalue weighted by Crippen LogP contribution is 2.34. The van der Waals surface area contributed by atoms with Crippen LogP contribution in [-0.2, 0) is 20.7 Å². The quantitative estimate of drug-likeness (QED) is 0.162. The number of rotatable bonds is 7. The van der Waals surface area contributed by atoms with Gasteiger partial charge in [-0.15, -0.1) is 0 Å². The molecule has 14 nitrogen and oxygen atoms in total. The lowest BCUT2D eigenvalue weighted by molar-refractivity contribution is -0.160. The Kier molecular flexibility index (Phi) is 6.35. The molecule has 5 atom stereocenters. The van der Waals surface area contributed by atoms with E-state index in [0.717, 1.165) is 5.56 Å². The third kappa shape index (κ3) is 4.41. The predicted octanol–water partition coefficient (Wildman–Crippen LogP) is 0.0827. The number of aromatic nitrogens is 4. The molecular weight excluding hydrogens is 434 g/mol. The second-order valence-corrected chi connectivity index (χ2v) is 7.39. The van der Waals surface area contributed by atoms with Crippen molar-refractivity contribution < 1.29 is 24.5 Å². The van der Waals surface area contributed by atoms with Crippen molar-refractivity contribution in [1.82, 2.24) is 19.5 Å². The summed E-state index contributed by atoms with van der Waals surface area (Å²) in [6, 6.07) is 5.50. The van der Waals surface area contributed by atoms with E-state index in [-0.39, 0.29) is 12.2 Å². The number of aliphatic hydroxyl groups excluding tert-OH is 2. The van der Waals surface area contributed by atoms with Gasteiger partial charge in [0.2, 0.25) is 0 Å². The first-order valence-corrected chi connectivity index (χ1v) is 9.90. The molecule has 3 aromatic rings. The summed E-state index contributed by atoms with van der Waals surface area (Å²) in [6.45, 7) is -0.501. The minimum atomic E-state index is -1.32. The van der Waals surface area contributed by atoms with E-state index in [0.29, 0.717) is 16.9 Å². The van der Waals surface area contributed by atoms with Gasteiger partial charge in [-0.25, -0.2) is 15.0 Å². The van der Waals surface area contributed by atoms with E-state index in [9.17, 15) is 15.0 Å². The zero-order valence-corrected chi connectivity index (χ0v) is 17.2. The minimum Gasteiger partial charge on any atom is -0.453 e. The van der Waals surface area contributed by atoms with Crippen LogP contribution in [0.3, 0.4) is 0 Å². The number of imidazole rings is 1. The molecule has 1 aromatic carbocycles. The molecule has 1 aliphatic rings. The van der Waals surface area contributed by atoms with Crippen molar-refractivity contribution in [2.24, 2.45) is 10.8 Å². The van der Waals surface area contributed by atoms with Crippen LogP contribution in [-0.4, -0.2) is 66.7 Å². The van der Waals surface area contributed by atoms with Crippen molar-refractivity contribution in [1.29, 1.82) is 0 Å². The van der Waals surface area contributed by atoms with Crippen LogP contribution in [0.25, 0.3) is 21.6 Å². The standard InChI is InChI=1S/C19H21N9O5/c20-11(5-9-1-3-10(4-2-9)26-27-22)19(31)33-15-14(30)12(6-29)32-18(15)28-8-25-13-16(21)23-7-24-17(13)28/h1-4,7-8,11-12,14-15,18,29-30H,5-6,20H2,(H2,21,23,24)/t11-,12+,14+,15+,18+/m0/s1. The van der Waals surface area contributed by atoms with Gasteiger partial charge in [0.15, 0.2) is 23.8 Å². The van der Waals surface area contributed by atoms with Crippen molar-refractivity contribution in [2.75, 3.05) is 12.3 Å². The normalized spacial score (nSPS) is 23.2. The van der Waals surface area contributed by atoms with Gasteiger partial charge in [0.25, 0.3) is 0 Å². The van der Waals surface area contributed by atoms with E-state index in [2.05, 4.69) is 25.0 Å². The highest BCUT2D eigenvalue weighted by molar-refractivity contribution is 5.81. The summed E-state index contributed by atoms with van der Waals surface area (Å²) < 4.78 is 12.7. The Morgan fingerprint density at radius 1 is 1.33 bits per heavy atom. The average molecular weight is 455 g/mol. The number of carbonyl (C=O) groups excluding carboxylic acids is 1. The lowest BCUT2D eigenvalue weighted by Gasteiger charge is -2.23. The van der Waals surface area contributed by atoms with E-state index >= 15 is 0 Å². The summed E-state index contributed by atoms with van der Waals surface area (Å²) in [6.07, 6.45) is -1.79. The molecule has 0 saturated carbocycles. The SMILES string of the molecule is [N-]=[N+]=Nc1ccc(C[C@H](N)C(=O)O[C@@H]2[C@H](O)[C@@H](CO)O[C@H]2n2cnc3c(N)ncnc32)cc1. The maximum Gasteiger partial charge on any atom is 0.323 e. The van der Waals surface area contributed by atoms with Crippen molar-refractivity contribution in [3.8, 4) is 0 Å². The summed E-state index contributed by atoms with van der Waals surface area (Å²) in [5.41, 5.74) is 22.1. The van der Waals surface area contributed by atoms with Crippen LogP contribution in [0.15, 0.2) is 42.0 Å². The molecule has 0 radical (unpaired) electrons. The Bertz CT molecular complexity index is 1190. The number of hydrogen-bond donors (Lipinski definition) is 4. The molecule has 1 fully saturated rings. The van der Waals surface area contributed by atoms with Crippen molar-refractivity contribution in [3.05, 3.63) is 52.9 Å². The fourth-order valence-corrected chi connectivity index (χ4v) is 3.59. The van der Waals surface area contributed by atoms with Gasteiger partial charge in [0.05, 0.1) is 12.9 Å². The number of nitrogens with two attached hydrogens (primary N) is 2. The minimum absolute atomic E-state index is 0.144. The molecule has 0 aliphatic carbocycles. The molecule has 1 saturated heterocycles. The molecule has 0 unspecified atom stereocenters. The molecule has 0 bridgehead atoms. The Balaban J connectivity index is 1.52. The van der Waals surface area contributed by atoms with Crippen molar-refractivity contribution in [2.45, 2.75) is 37.0 Å². The van der Waals surface area contributed by atoms with E-state index in [1.807, 2.05) is 0 Å². The number of anilines is 1. The smallest absolute Gasteiger partial charge is 0.323 e. The van der Waals surface area contributed by atoms with Crippen LogP contribution in [0.4, 0.5) is 11.5 Å². The largest absolute Gasteiger partial charge is 0.453 e. The summed E-state index contributed by atoms with van der Waals surface area (Å²) in [5.74, 6) is -0.623. The number of benzene rings is 1. The first-order chi connectivity index (χ1) is 15.9. The summed E-state index contributed by atoms with van der Waals surface area (Å²) >= 11 is 0. The van der Waals surface area contributed by atoms with Gasteiger partial charge in [-0.1, -0.05) is 29.4 Å². The second kappa shape index (κ2) is 9.36. The van der Waals surface area contributed by atoms with Gasteiger partial charge in [0.1, 0.15) is 30.1 Å². The molecule has 1 aliphatic heterocycles. The first kappa shape index (κ1) is 22.4. The van der Waals surface area contributed by atoms with E-state index in [1.165, 1.54) is 17.2 Å². The number of nitrogens with zero attached hydrogens (tertiary/aromatic N) is 7. The zero-order chi connectivity index (χ0) is 23.5. The van der Waals surface area contributed by atoms with Crippen LogP contribution in [0.5, 0.6) is 0 Å². The fraction of sp³-hybridized carbons (Fsp3) is 0.368. The molecule has 0 amide bonds. The second-order valence-electron chi connectivity index (χ2n) is 7.39. The fourth-order valence-electron chi connectivity index (χ4n) is 3.59. The van der Waals surface area contributed by atoms with Gasteiger partial charge in [-0.3, -0.25) is 9.36 Å². The monoisotopic (exact) mass is 455 g/mol. The Morgan fingerprint density at radius 2 is 2.09 bits per heavy atom. The zero-order valence-electron chi connectivity index (χ0n) is 17.2. The Morgan fingerprint density at radius 3 is 2.79 bits per heavy atom. The van der Waals surface area contributed by atoms with Crippen LogP contribution in [0.2, 0.25) is 0 Å². The van der Waals surface area contributed by atoms with Crippen LogP contribution in [0, 0.1) is 0 Å². The highest BCUT2D eigenvalue weighted by atomic mass is 16.6. The molecule has 0 spiro atoms. The van der Waals surface area contributed by atoms with Crippen LogP contribution in [0.1, 0.15) is 11.8 Å². The lowest BCUT2D eigenvalue weighted by atomic mass is 10.1. The number of fused-ring (bicyclic) bond motifs is 1. The third-order valence-electron chi connectivity index (χ3n) is 5.26. The topological polar surface area (TPSA) is 220 Å². The molecule has 6 N–H and O–H groups in total. The molecule has 14 heteroatoms. The van der Waals surface area contributed by atoms with Crippen molar-refractivity contribution >= 4 is 28.6 Å². The molecule has 4 rings (SSSR count).